The summed E-state index contributed by atoms with van der Waals surface area (Å²) in [5.41, 5.74) is 4.45. The third kappa shape index (κ3) is 4.30. The summed E-state index contributed by atoms with van der Waals surface area (Å²) in [6, 6.07) is 8.48. The number of sulfonamides is 1. The van der Waals surface area contributed by atoms with Crippen molar-refractivity contribution in [1.82, 2.24) is 14.8 Å². The Labute approximate surface area is 159 Å². The van der Waals surface area contributed by atoms with Crippen LogP contribution < -0.4 is 10.6 Å². The molecule has 3 rings (SSSR count). The van der Waals surface area contributed by atoms with Crippen molar-refractivity contribution < 1.29 is 12.8 Å². The topological polar surface area (TPSA) is 115 Å². The van der Waals surface area contributed by atoms with Gasteiger partial charge in [0, 0.05) is 6.20 Å². The van der Waals surface area contributed by atoms with Gasteiger partial charge in [0.25, 0.3) is 0 Å². The quantitative estimate of drug-likeness (QED) is 0.497. The number of rotatable bonds is 5. The lowest BCUT2D eigenvalue weighted by atomic mass is 10.3. The summed E-state index contributed by atoms with van der Waals surface area (Å²) >= 11 is 6.35. The molecule has 8 nitrogen and oxygen atoms in total. The van der Waals surface area contributed by atoms with Gasteiger partial charge in [-0.2, -0.15) is 10.2 Å². The summed E-state index contributed by atoms with van der Waals surface area (Å²) in [5.74, 6) is -0.0379. The average Bonchev–Trinajstić information content (AvgIpc) is 2.90. The van der Waals surface area contributed by atoms with E-state index >= 15 is 0 Å². The number of nitrogens with two attached hydrogens (primary N) is 1. The molecule has 3 N–H and O–H groups in total. The molecule has 0 aliphatic heterocycles. The number of aromatic nitrogens is 3. The number of nitrogens with one attached hydrogen (secondary N) is 1. The van der Waals surface area contributed by atoms with Crippen LogP contribution in [0.15, 0.2) is 52.6 Å². The Kier molecular flexibility index (Phi) is 5.22. The van der Waals surface area contributed by atoms with Gasteiger partial charge in [0.1, 0.15) is 21.7 Å². The standard InChI is InChI=1S/C16H14ClFN6O2S/c1-10-14(16(17)24(23-10)12-4-2-11(18)3-5-12)9-21-22-15-7-6-13(8-20-15)27(19,25)26/h2-9H,1H3,(H,20,22)(H2,19,25,26)/b21-9+. The zero-order valence-corrected chi connectivity index (χ0v) is 15.5. The predicted octanol–water partition coefficient (Wildman–Crippen LogP) is 2.46. The molecule has 27 heavy (non-hydrogen) atoms. The van der Waals surface area contributed by atoms with Crippen molar-refractivity contribution in [2.24, 2.45) is 10.2 Å². The van der Waals surface area contributed by atoms with E-state index in [2.05, 4.69) is 20.6 Å². The molecule has 2 heterocycles. The van der Waals surface area contributed by atoms with E-state index in [1.165, 1.54) is 35.2 Å². The molecule has 0 saturated heterocycles. The molecule has 140 valence electrons. The van der Waals surface area contributed by atoms with Gasteiger partial charge in [0.05, 0.1) is 23.2 Å². The van der Waals surface area contributed by atoms with Gasteiger partial charge in [-0.25, -0.2) is 27.6 Å². The highest BCUT2D eigenvalue weighted by atomic mass is 35.5. The SMILES string of the molecule is Cc1nn(-c2ccc(F)cc2)c(Cl)c1/C=N/Nc1ccc(S(N)(=O)=O)cn1. The van der Waals surface area contributed by atoms with Crippen LogP contribution in [0.25, 0.3) is 5.69 Å². The molecule has 0 radical (unpaired) electrons. The lowest BCUT2D eigenvalue weighted by Gasteiger charge is -2.02. The van der Waals surface area contributed by atoms with Crippen molar-refractivity contribution in [1.29, 1.82) is 0 Å². The van der Waals surface area contributed by atoms with Crippen LogP contribution in [0.1, 0.15) is 11.3 Å². The first-order valence-corrected chi connectivity index (χ1v) is 9.47. The fourth-order valence-corrected chi connectivity index (χ4v) is 2.97. The Hall–Kier alpha value is -2.82. The number of pyridine rings is 1. The first kappa shape index (κ1) is 19.0. The van der Waals surface area contributed by atoms with Crippen molar-refractivity contribution in [3.8, 4) is 5.69 Å². The van der Waals surface area contributed by atoms with Crippen LogP contribution in [0.3, 0.4) is 0 Å². The van der Waals surface area contributed by atoms with Gasteiger partial charge in [-0.05, 0) is 43.3 Å². The predicted molar refractivity (Wildman–Crippen MR) is 100 cm³/mol. The van der Waals surface area contributed by atoms with Crippen LogP contribution in [-0.4, -0.2) is 29.4 Å². The van der Waals surface area contributed by atoms with Crippen molar-refractivity contribution in [3.05, 3.63) is 64.8 Å². The van der Waals surface area contributed by atoms with E-state index in [1.807, 2.05) is 0 Å². The Morgan fingerprint density at radius 1 is 1.26 bits per heavy atom. The number of primary sulfonamides is 1. The van der Waals surface area contributed by atoms with Gasteiger partial charge < -0.3 is 0 Å². The molecule has 0 saturated carbocycles. The number of hydrazone groups is 1. The highest BCUT2D eigenvalue weighted by Gasteiger charge is 2.13. The number of hydrogen-bond acceptors (Lipinski definition) is 6. The molecule has 2 aromatic heterocycles. The molecule has 11 heteroatoms. The van der Waals surface area contributed by atoms with Gasteiger partial charge in [0.2, 0.25) is 10.0 Å². The second-order valence-corrected chi connectivity index (χ2v) is 7.39. The van der Waals surface area contributed by atoms with Crippen LogP contribution in [0, 0.1) is 12.7 Å². The maximum atomic E-state index is 13.1. The number of aryl methyl sites for hydroxylation is 1. The minimum atomic E-state index is -3.80. The summed E-state index contributed by atoms with van der Waals surface area (Å²) < 4.78 is 36.9. The third-order valence-corrected chi connectivity index (χ3v) is 4.82. The molecule has 1 aromatic carbocycles. The highest BCUT2D eigenvalue weighted by Crippen LogP contribution is 2.22. The van der Waals surface area contributed by atoms with E-state index in [9.17, 15) is 12.8 Å². The summed E-state index contributed by atoms with van der Waals surface area (Å²) in [7, 11) is -3.80. The molecule has 0 fully saturated rings. The average molecular weight is 409 g/mol. The molecule has 0 atom stereocenters. The Morgan fingerprint density at radius 2 is 1.96 bits per heavy atom. The Bertz CT molecular complexity index is 1100. The number of benzene rings is 1. The minimum Gasteiger partial charge on any atom is -0.261 e. The Balaban J connectivity index is 1.78. The van der Waals surface area contributed by atoms with Crippen LogP contribution in [0.2, 0.25) is 5.15 Å². The molecule has 0 spiro atoms. The van der Waals surface area contributed by atoms with Gasteiger partial charge in [-0.15, -0.1) is 0 Å². The van der Waals surface area contributed by atoms with Crippen molar-refractivity contribution in [2.45, 2.75) is 11.8 Å². The fourth-order valence-electron chi connectivity index (χ4n) is 2.19. The fraction of sp³-hybridized carbons (Fsp3) is 0.0625. The second kappa shape index (κ2) is 7.43. The zero-order chi connectivity index (χ0) is 19.6. The molecule has 0 aliphatic rings. The van der Waals surface area contributed by atoms with Crippen molar-refractivity contribution in [3.63, 3.8) is 0 Å². The second-order valence-electron chi connectivity index (χ2n) is 5.47. The number of halogens is 2. The van der Waals surface area contributed by atoms with Crippen molar-refractivity contribution >= 4 is 33.7 Å². The monoisotopic (exact) mass is 408 g/mol. The van der Waals surface area contributed by atoms with E-state index in [0.717, 1.165) is 6.20 Å². The molecule has 0 amide bonds. The molecule has 0 unspecified atom stereocenters. The van der Waals surface area contributed by atoms with Gasteiger partial charge in [0.15, 0.2) is 0 Å². The smallest absolute Gasteiger partial charge is 0.239 e. The zero-order valence-electron chi connectivity index (χ0n) is 14.0. The van der Waals surface area contributed by atoms with Gasteiger partial charge in [-0.3, -0.25) is 5.43 Å². The van der Waals surface area contributed by atoms with E-state index in [-0.39, 0.29) is 10.7 Å². The minimum absolute atomic E-state index is 0.100. The first-order valence-electron chi connectivity index (χ1n) is 7.54. The normalized spacial score (nSPS) is 11.9. The number of anilines is 1. The van der Waals surface area contributed by atoms with Crippen molar-refractivity contribution in [2.75, 3.05) is 5.43 Å². The lowest BCUT2D eigenvalue weighted by molar-refractivity contribution is 0.597. The van der Waals surface area contributed by atoms with Crippen LogP contribution in [-0.2, 0) is 10.0 Å². The molecular formula is C16H14ClFN6O2S. The third-order valence-electron chi connectivity index (χ3n) is 3.56. The van der Waals surface area contributed by atoms with Crippen LogP contribution in [0.5, 0.6) is 0 Å². The van der Waals surface area contributed by atoms with E-state index in [1.54, 1.807) is 19.1 Å². The summed E-state index contributed by atoms with van der Waals surface area (Å²) in [4.78, 5) is 3.81. The van der Waals surface area contributed by atoms with Gasteiger partial charge >= 0.3 is 0 Å². The maximum Gasteiger partial charge on any atom is 0.239 e. The number of nitrogens with zero attached hydrogens (tertiary/aromatic N) is 4. The maximum absolute atomic E-state index is 13.1. The largest absolute Gasteiger partial charge is 0.261 e. The van der Waals surface area contributed by atoms with E-state index in [0.29, 0.717) is 27.9 Å². The summed E-state index contributed by atoms with van der Waals surface area (Å²) in [6.07, 6.45) is 2.58. The molecular weight excluding hydrogens is 395 g/mol. The lowest BCUT2D eigenvalue weighted by Crippen LogP contribution is -2.12. The summed E-state index contributed by atoms with van der Waals surface area (Å²) in [5, 5.41) is 13.7. The van der Waals surface area contributed by atoms with E-state index in [4.69, 9.17) is 16.7 Å². The Morgan fingerprint density at radius 3 is 2.56 bits per heavy atom. The van der Waals surface area contributed by atoms with Crippen LogP contribution >= 0.6 is 11.6 Å². The summed E-state index contributed by atoms with van der Waals surface area (Å²) in [6.45, 7) is 1.76. The number of hydrogen-bond donors (Lipinski definition) is 2. The first-order chi connectivity index (χ1) is 12.8. The molecule has 0 bridgehead atoms. The van der Waals surface area contributed by atoms with Crippen LogP contribution in [0.4, 0.5) is 10.2 Å². The molecule has 0 aliphatic carbocycles. The highest BCUT2D eigenvalue weighted by molar-refractivity contribution is 7.89. The van der Waals surface area contributed by atoms with E-state index < -0.39 is 10.0 Å². The molecule has 3 aromatic rings. The van der Waals surface area contributed by atoms with Gasteiger partial charge in [-0.1, -0.05) is 11.6 Å².